The zero-order valence-electron chi connectivity index (χ0n) is 15.3. The third kappa shape index (κ3) is 4.78. The molecule has 1 aromatic rings. The molecular formula is C17H27N3O4S. The fraction of sp³-hybridized carbons (Fsp3) is 0.588. The summed E-state index contributed by atoms with van der Waals surface area (Å²) in [5.74, 6) is -0.280. The molecule has 0 saturated carbocycles. The number of morpholine rings is 1. The molecule has 1 N–H and O–H groups in total. The number of ether oxygens (including phenoxy) is 1. The van der Waals surface area contributed by atoms with Crippen molar-refractivity contribution in [2.75, 3.05) is 46.9 Å². The number of carbonyl (C=O) groups excluding carboxylic acids is 1. The van der Waals surface area contributed by atoms with Gasteiger partial charge in [-0.2, -0.15) is 0 Å². The molecule has 1 saturated heterocycles. The summed E-state index contributed by atoms with van der Waals surface area (Å²) in [7, 11) is -0.632. The summed E-state index contributed by atoms with van der Waals surface area (Å²) in [4.78, 5) is 14.9. The van der Waals surface area contributed by atoms with Crippen LogP contribution in [0.25, 0.3) is 0 Å². The number of nitrogens with one attached hydrogen (secondary N) is 1. The molecule has 0 radical (unpaired) electrons. The van der Waals surface area contributed by atoms with E-state index in [1.165, 1.54) is 26.2 Å². The second kappa shape index (κ2) is 7.82. The molecule has 2 rings (SSSR count). The van der Waals surface area contributed by atoms with Crippen LogP contribution < -0.4 is 5.32 Å². The van der Waals surface area contributed by atoms with Crippen molar-refractivity contribution >= 4 is 15.9 Å². The molecule has 0 bridgehead atoms. The smallest absolute Gasteiger partial charge is 0.251 e. The van der Waals surface area contributed by atoms with Gasteiger partial charge in [0.05, 0.1) is 18.1 Å². The van der Waals surface area contributed by atoms with Gasteiger partial charge in [0.2, 0.25) is 10.0 Å². The second-order valence-corrected chi connectivity index (χ2v) is 9.06. The van der Waals surface area contributed by atoms with E-state index < -0.39 is 10.0 Å². The molecule has 1 amide bonds. The van der Waals surface area contributed by atoms with E-state index in [0.717, 1.165) is 17.4 Å². The molecule has 1 aliphatic heterocycles. The van der Waals surface area contributed by atoms with E-state index in [9.17, 15) is 13.2 Å². The molecular weight excluding hydrogens is 342 g/mol. The van der Waals surface area contributed by atoms with Crippen molar-refractivity contribution in [1.29, 1.82) is 0 Å². The van der Waals surface area contributed by atoms with Gasteiger partial charge in [-0.3, -0.25) is 9.69 Å². The van der Waals surface area contributed by atoms with Gasteiger partial charge < -0.3 is 10.1 Å². The van der Waals surface area contributed by atoms with Crippen LogP contribution in [-0.2, 0) is 14.8 Å². The van der Waals surface area contributed by atoms with E-state index in [-0.39, 0.29) is 16.3 Å². The van der Waals surface area contributed by atoms with Crippen LogP contribution in [0.3, 0.4) is 0 Å². The Morgan fingerprint density at radius 2 is 1.92 bits per heavy atom. The Morgan fingerprint density at radius 1 is 1.28 bits per heavy atom. The number of rotatable bonds is 6. The first-order valence-corrected chi connectivity index (χ1v) is 9.72. The highest BCUT2D eigenvalue weighted by molar-refractivity contribution is 7.89. The summed E-state index contributed by atoms with van der Waals surface area (Å²) < 4.78 is 30.9. The summed E-state index contributed by atoms with van der Waals surface area (Å²) >= 11 is 0. The van der Waals surface area contributed by atoms with Crippen LogP contribution in [0, 0.1) is 0 Å². The van der Waals surface area contributed by atoms with Crippen molar-refractivity contribution in [3.05, 3.63) is 29.8 Å². The lowest BCUT2D eigenvalue weighted by Gasteiger charge is -2.40. The molecule has 0 spiro atoms. The van der Waals surface area contributed by atoms with Crippen LogP contribution in [0.1, 0.15) is 24.2 Å². The van der Waals surface area contributed by atoms with Crippen LogP contribution in [0.2, 0.25) is 0 Å². The van der Waals surface area contributed by atoms with Crippen molar-refractivity contribution in [1.82, 2.24) is 14.5 Å². The summed E-state index contributed by atoms with van der Waals surface area (Å²) in [5.41, 5.74) is 0.132. The fourth-order valence-corrected chi connectivity index (χ4v) is 3.64. The molecule has 1 aliphatic rings. The topological polar surface area (TPSA) is 79.0 Å². The quantitative estimate of drug-likeness (QED) is 0.802. The van der Waals surface area contributed by atoms with Gasteiger partial charge in [-0.25, -0.2) is 12.7 Å². The number of hydrogen-bond acceptors (Lipinski definition) is 5. The highest BCUT2D eigenvalue weighted by atomic mass is 32.2. The molecule has 0 unspecified atom stereocenters. The molecule has 8 heteroatoms. The standard InChI is InChI=1S/C17H27N3O4S/c1-17(2,20-8-10-24-11-9-20)13-18-16(21)14-6-5-7-15(12-14)25(22,23)19(3)4/h5-7,12H,8-11,13H2,1-4H3,(H,18,21). The van der Waals surface area contributed by atoms with Crippen molar-refractivity contribution in [2.24, 2.45) is 0 Å². The Kier molecular flexibility index (Phi) is 6.21. The van der Waals surface area contributed by atoms with Crippen molar-refractivity contribution < 1.29 is 17.9 Å². The summed E-state index contributed by atoms with van der Waals surface area (Å²) in [6, 6.07) is 6.10. The zero-order chi connectivity index (χ0) is 18.7. The van der Waals surface area contributed by atoms with E-state index in [2.05, 4.69) is 24.1 Å². The number of nitrogens with zero attached hydrogens (tertiary/aromatic N) is 2. The minimum Gasteiger partial charge on any atom is -0.379 e. The van der Waals surface area contributed by atoms with Gasteiger partial charge in [-0.1, -0.05) is 6.07 Å². The van der Waals surface area contributed by atoms with Gasteiger partial charge in [0, 0.05) is 44.8 Å². The van der Waals surface area contributed by atoms with Crippen LogP contribution in [0.15, 0.2) is 29.2 Å². The minimum atomic E-state index is -3.56. The predicted molar refractivity (Wildman–Crippen MR) is 96.1 cm³/mol. The molecule has 1 aromatic carbocycles. The van der Waals surface area contributed by atoms with Crippen LogP contribution >= 0.6 is 0 Å². The van der Waals surface area contributed by atoms with E-state index in [4.69, 9.17) is 4.74 Å². The highest BCUT2D eigenvalue weighted by Gasteiger charge is 2.29. The molecule has 140 valence electrons. The molecule has 0 aliphatic carbocycles. The maximum absolute atomic E-state index is 12.5. The van der Waals surface area contributed by atoms with Crippen molar-refractivity contribution in [2.45, 2.75) is 24.3 Å². The summed E-state index contributed by atoms with van der Waals surface area (Å²) in [6.07, 6.45) is 0. The van der Waals surface area contributed by atoms with Gasteiger partial charge in [-0.15, -0.1) is 0 Å². The molecule has 7 nitrogen and oxygen atoms in total. The van der Waals surface area contributed by atoms with Crippen molar-refractivity contribution in [3.8, 4) is 0 Å². The molecule has 25 heavy (non-hydrogen) atoms. The first kappa shape index (κ1) is 19.8. The third-order valence-electron chi connectivity index (χ3n) is 4.42. The molecule has 0 atom stereocenters. The molecule has 0 aromatic heterocycles. The fourth-order valence-electron chi connectivity index (χ4n) is 2.69. The average Bonchev–Trinajstić information content (AvgIpc) is 2.60. The van der Waals surface area contributed by atoms with Gasteiger partial charge in [-0.05, 0) is 32.0 Å². The Hall–Kier alpha value is -1.48. The summed E-state index contributed by atoms with van der Waals surface area (Å²) in [5, 5.41) is 2.91. The Bertz CT molecular complexity index is 710. The predicted octanol–water partition coefficient (Wildman–Crippen LogP) is 0.778. The van der Waals surface area contributed by atoms with Crippen LogP contribution in [-0.4, -0.2) is 76.0 Å². The van der Waals surface area contributed by atoms with Crippen LogP contribution in [0.5, 0.6) is 0 Å². The van der Waals surface area contributed by atoms with E-state index in [1.807, 2.05) is 0 Å². The van der Waals surface area contributed by atoms with E-state index in [1.54, 1.807) is 12.1 Å². The number of sulfonamides is 1. The first-order chi connectivity index (χ1) is 11.6. The Balaban J connectivity index is 2.06. The van der Waals surface area contributed by atoms with E-state index >= 15 is 0 Å². The number of benzene rings is 1. The van der Waals surface area contributed by atoms with Gasteiger partial charge in [0.25, 0.3) is 5.91 Å². The minimum absolute atomic E-state index is 0.109. The Morgan fingerprint density at radius 3 is 2.52 bits per heavy atom. The largest absolute Gasteiger partial charge is 0.379 e. The van der Waals surface area contributed by atoms with Gasteiger partial charge in [0.1, 0.15) is 0 Å². The lowest BCUT2D eigenvalue weighted by atomic mass is 10.0. The monoisotopic (exact) mass is 369 g/mol. The Labute approximate surface area is 150 Å². The number of carbonyl (C=O) groups is 1. The third-order valence-corrected chi connectivity index (χ3v) is 6.23. The van der Waals surface area contributed by atoms with Crippen molar-refractivity contribution in [3.63, 3.8) is 0 Å². The lowest BCUT2D eigenvalue weighted by molar-refractivity contribution is -0.00923. The molecule has 1 heterocycles. The van der Waals surface area contributed by atoms with Gasteiger partial charge >= 0.3 is 0 Å². The highest BCUT2D eigenvalue weighted by Crippen LogP contribution is 2.17. The zero-order valence-corrected chi connectivity index (χ0v) is 16.1. The second-order valence-electron chi connectivity index (χ2n) is 6.91. The normalized spacial score (nSPS) is 16.8. The maximum atomic E-state index is 12.5. The average molecular weight is 369 g/mol. The SMILES string of the molecule is CN(C)S(=O)(=O)c1cccc(C(=O)NCC(C)(C)N2CCOCC2)c1. The summed E-state index contributed by atoms with van der Waals surface area (Å²) in [6.45, 7) is 7.68. The van der Waals surface area contributed by atoms with E-state index in [0.29, 0.717) is 25.3 Å². The van der Waals surface area contributed by atoms with Gasteiger partial charge in [0.15, 0.2) is 0 Å². The first-order valence-electron chi connectivity index (χ1n) is 8.28. The molecule has 1 fully saturated rings. The lowest BCUT2D eigenvalue weighted by Crippen LogP contribution is -2.55. The maximum Gasteiger partial charge on any atom is 0.251 e. The number of hydrogen-bond donors (Lipinski definition) is 1. The number of amides is 1. The van der Waals surface area contributed by atoms with Crippen LogP contribution in [0.4, 0.5) is 0 Å².